The molecule has 0 radical (unpaired) electrons. The molecule has 0 saturated carbocycles. The van der Waals surface area contributed by atoms with Crippen molar-refractivity contribution in [3.8, 4) is 0 Å². The highest BCUT2D eigenvalue weighted by Crippen LogP contribution is 2.19. The van der Waals surface area contributed by atoms with Gasteiger partial charge in [0.15, 0.2) is 5.96 Å². The number of hydrogen-bond donors (Lipinski definition) is 4. The second kappa shape index (κ2) is 10.3. The van der Waals surface area contributed by atoms with Crippen molar-refractivity contribution >= 4 is 22.7 Å². The van der Waals surface area contributed by atoms with Crippen molar-refractivity contribution in [3.63, 3.8) is 0 Å². The Kier molecular flexibility index (Phi) is 7.23. The Morgan fingerprint density at radius 1 is 1.11 bits per heavy atom. The summed E-state index contributed by atoms with van der Waals surface area (Å²) >= 11 is 0. The molecule has 7 heteroatoms. The molecule has 0 atom stereocenters. The fourth-order valence-electron chi connectivity index (χ4n) is 3.03. The monoisotopic (exact) mass is 382 g/mol. The fraction of sp³-hybridized carbons (Fsp3) is 0.333. The summed E-state index contributed by atoms with van der Waals surface area (Å²) < 4.78 is 13.5. The highest BCUT2D eigenvalue weighted by Gasteiger charge is 2.05. The highest BCUT2D eigenvalue weighted by molar-refractivity contribution is 5.83. The first kappa shape index (κ1) is 19.7. The van der Waals surface area contributed by atoms with Crippen LogP contribution in [0.4, 0.5) is 10.2 Å². The number of unbranched alkanes of at least 4 members (excludes halogenated alkanes) is 1. The zero-order valence-corrected chi connectivity index (χ0v) is 16.1. The molecule has 0 bridgehead atoms. The molecule has 0 aliphatic rings. The van der Waals surface area contributed by atoms with Crippen molar-refractivity contribution in [2.75, 3.05) is 32.0 Å². The van der Waals surface area contributed by atoms with Gasteiger partial charge < -0.3 is 20.9 Å². The van der Waals surface area contributed by atoms with E-state index in [1.165, 1.54) is 6.07 Å². The summed E-state index contributed by atoms with van der Waals surface area (Å²) in [5.74, 6) is 1.48. The predicted molar refractivity (Wildman–Crippen MR) is 113 cm³/mol. The molecule has 2 heterocycles. The van der Waals surface area contributed by atoms with E-state index in [-0.39, 0.29) is 5.82 Å². The fourth-order valence-corrected chi connectivity index (χ4v) is 3.03. The first-order valence-electron chi connectivity index (χ1n) is 9.61. The van der Waals surface area contributed by atoms with Crippen LogP contribution >= 0.6 is 0 Å². The van der Waals surface area contributed by atoms with E-state index in [9.17, 15) is 4.39 Å². The Hall–Kier alpha value is -3.09. The molecule has 1 aromatic carbocycles. The van der Waals surface area contributed by atoms with Crippen LogP contribution in [-0.4, -0.2) is 42.6 Å². The maximum atomic E-state index is 13.5. The molecule has 2 aromatic heterocycles. The topological polar surface area (TPSA) is 77.1 Å². The standard InChI is InChI=1S/C21H27FN6/c1-23-21(26-12-5-4-11-25-20-6-2-3-10-24-20)27-13-9-16-15-28-19-8-7-17(22)14-18(16)19/h2-3,6-8,10,14-15,28H,4-5,9,11-13H2,1H3,(H,24,25)(H2,23,26,27). The number of nitrogens with zero attached hydrogens (tertiary/aromatic N) is 2. The summed E-state index contributed by atoms with van der Waals surface area (Å²) in [7, 11) is 1.76. The molecule has 3 rings (SSSR count). The summed E-state index contributed by atoms with van der Waals surface area (Å²) in [6, 6.07) is 10.7. The van der Waals surface area contributed by atoms with E-state index in [4.69, 9.17) is 0 Å². The lowest BCUT2D eigenvalue weighted by atomic mass is 10.1. The van der Waals surface area contributed by atoms with Gasteiger partial charge >= 0.3 is 0 Å². The number of aromatic amines is 1. The molecular weight excluding hydrogens is 355 g/mol. The molecule has 0 unspecified atom stereocenters. The summed E-state index contributed by atoms with van der Waals surface area (Å²) in [4.78, 5) is 11.7. The predicted octanol–water partition coefficient (Wildman–Crippen LogP) is 3.30. The van der Waals surface area contributed by atoms with Gasteiger partial charge in [0.05, 0.1) is 0 Å². The number of rotatable bonds is 9. The molecule has 0 spiro atoms. The van der Waals surface area contributed by atoms with Crippen molar-refractivity contribution in [2.24, 2.45) is 4.99 Å². The third kappa shape index (κ3) is 5.70. The zero-order valence-electron chi connectivity index (χ0n) is 16.1. The van der Waals surface area contributed by atoms with Crippen LogP contribution in [0.25, 0.3) is 10.9 Å². The van der Waals surface area contributed by atoms with Crippen molar-refractivity contribution in [1.29, 1.82) is 0 Å². The van der Waals surface area contributed by atoms with Crippen LogP contribution in [0, 0.1) is 5.82 Å². The molecule has 0 amide bonds. The van der Waals surface area contributed by atoms with Crippen LogP contribution in [0.3, 0.4) is 0 Å². The van der Waals surface area contributed by atoms with E-state index in [0.717, 1.165) is 67.1 Å². The number of H-pyrrole nitrogens is 1. The molecule has 0 fully saturated rings. The molecule has 3 aromatic rings. The van der Waals surface area contributed by atoms with Gasteiger partial charge in [-0.05, 0) is 55.2 Å². The zero-order chi connectivity index (χ0) is 19.6. The Labute approximate surface area is 164 Å². The summed E-state index contributed by atoms with van der Waals surface area (Å²) in [5.41, 5.74) is 2.05. The van der Waals surface area contributed by atoms with E-state index >= 15 is 0 Å². The molecule has 4 N–H and O–H groups in total. The van der Waals surface area contributed by atoms with Gasteiger partial charge in [-0.25, -0.2) is 9.37 Å². The first-order chi connectivity index (χ1) is 13.8. The minimum atomic E-state index is -0.212. The number of nitrogens with one attached hydrogen (secondary N) is 4. The van der Waals surface area contributed by atoms with E-state index < -0.39 is 0 Å². The maximum Gasteiger partial charge on any atom is 0.190 e. The van der Waals surface area contributed by atoms with Gasteiger partial charge in [0, 0.05) is 50.0 Å². The third-order valence-electron chi connectivity index (χ3n) is 4.51. The van der Waals surface area contributed by atoms with Crippen LogP contribution < -0.4 is 16.0 Å². The number of hydrogen-bond acceptors (Lipinski definition) is 3. The molecular formula is C21H27FN6. The summed E-state index contributed by atoms with van der Waals surface area (Å²) in [5, 5.41) is 10.9. The largest absolute Gasteiger partial charge is 0.370 e. The smallest absolute Gasteiger partial charge is 0.190 e. The molecule has 28 heavy (non-hydrogen) atoms. The number of pyridine rings is 1. The van der Waals surface area contributed by atoms with Crippen molar-refractivity contribution in [1.82, 2.24) is 20.6 Å². The quantitative estimate of drug-likeness (QED) is 0.260. The Morgan fingerprint density at radius 3 is 2.79 bits per heavy atom. The number of fused-ring (bicyclic) bond motifs is 1. The maximum absolute atomic E-state index is 13.5. The van der Waals surface area contributed by atoms with Gasteiger partial charge in [-0.2, -0.15) is 0 Å². The minimum absolute atomic E-state index is 0.212. The average molecular weight is 382 g/mol. The second-order valence-corrected chi connectivity index (χ2v) is 6.53. The minimum Gasteiger partial charge on any atom is -0.370 e. The van der Waals surface area contributed by atoms with Crippen LogP contribution in [-0.2, 0) is 6.42 Å². The van der Waals surface area contributed by atoms with Crippen molar-refractivity contribution in [3.05, 3.63) is 60.2 Å². The highest BCUT2D eigenvalue weighted by atomic mass is 19.1. The van der Waals surface area contributed by atoms with E-state index in [1.807, 2.05) is 24.4 Å². The van der Waals surface area contributed by atoms with E-state index in [2.05, 4.69) is 30.9 Å². The second-order valence-electron chi connectivity index (χ2n) is 6.53. The van der Waals surface area contributed by atoms with Gasteiger partial charge in [-0.15, -0.1) is 0 Å². The number of guanidine groups is 1. The van der Waals surface area contributed by atoms with Gasteiger partial charge in [-0.1, -0.05) is 6.07 Å². The first-order valence-corrected chi connectivity index (χ1v) is 9.61. The Bertz CT molecular complexity index is 890. The normalized spacial score (nSPS) is 11.6. The van der Waals surface area contributed by atoms with Crippen LogP contribution in [0.5, 0.6) is 0 Å². The summed E-state index contributed by atoms with van der Waals surface area (Å²) in [6.07, 6.45) is 6.59. The molecule has 148 valence electrons. The van der Waals surface area contributed by atoms with E-state index in [1.54, 1.807) is 25.4 Å². The lowest BCUT2D eigenvalue weighted by molar-refractivity contribution is 0.629. The van der Waals surface area contributed by atoms with Crippen LogP contribution in [0.2, 0.25) is 0 Å². The lowest BCUT2D eigenvalue weighted by Crippen LogP contribution is -2.38. The number of aromatic nitrogens is 2. The summed E-state index contributed by atoms with van der Waals surface area (Å²) in [6.45, 7) is 2.47. The number of anilines is 1. The van der Waals surface area contributed by atoms with E-state index in [0.29, 0.717) is 0 Å². The lowest BCUT2D eigenvalue weighted by Gasteiger charge is -2.12. The molecule has 0 saturated heterocycles. The van der Waals surface area contributed by atoms with Gasteiger partial charge in [-0.3, -0.25) is 4.99 Å². The van der Waals surface area contributed by atoms with Crippen LogP contribution in [0.1, 0.15) is 18.4 Å². The van der Waals surface area contributed by atoms with Crippen LogP contribution in [0.15, 0.2) is 53.8 Å². The Balaban J connectivity index is 1.32. The number of halogens is 1. The van der Waals surface area contributed by atoms with Gasteiger partial charge in [0.1, 0.15) is 11.6 Å². The van der Waals surface area contributed by atoms with Gasteiger partial charge in [0.2, 0.25) is 0 Å². The SMILES string of the molecule is CN=C(NCCCCNc1ccccn1)NCCc1c[nH]c2ccc(F)cc12. The molecule has 0 aliphatic carbocycles. The third-order valence-corrected chi connectivity index (χ3v) is 4.51. The number of aliphatic imine (C=N–C) groups is 1. The van der Waals surface area contributed by atoms with Crippen molar-refractivity contribution < 1.29 is 4.39 Å². The van der Waals surface area contributed by atoms with Crippen molar-refractivity contribution in [2.45, 2.75) is 19.3 Å². The molecule has 0 aliphatic heterocycles. The Morgan fingerprint density at radius 2 is 1.96 bits per heavy atom. The molecule has 6 nitrogen and oxygen atoms in total. The number of benzene rings is 1. The van der Waals surface area contributed by atoms with Gasteiger partial charge in [0.25, 0.3) is 0 Å². The average Bonchev–Trinajstić information content (AvgIpc) is 3.12.